The first-order chi connectivity index (χ1) is 8.10. The molecular formula is C12H12N2O3. The number of fused-ring (bicyclic) bond motifs is 1. The van der Waals surface area contributed by atoms with Gasteiger partial charge in [0.25, 0.3) is 5.69 Å². The first-order valence-corrected chi connectivity index (χ1v) is 5.03. The highest BCUT2D eigenvalue weighted by Crippen LogP contribution is 2.36. The number of rotatable bonds is 3. The van der Waals surface area contributed by atoms with Crippen molar-refractivity contribution in [3.05, 3.63) is 40.6 Å². The van der Waals surface area contributed by atoms with Gasteiger partial charge in [0.05, 0.1) is 29.2 Å². The molecule has 0 aliphatic heterocycles. The summed E-state index contributed by atoms with van der Waals surface area (Å²) >= 11 is 0. The Bertz CT molecular complexity index is 614. The Kier molecular flexibility index (Phi) is 2.59. The summed E-state index contributed by atoms with van der Waals surface area (Å²) in [6, 6.07) is 3.25. The fourth-order valence-electron chi connectivity index (χ4n) is 1.98. The number of aryl methyl sites for hydroxylation is 1. The van der Waals surface area contributed by atoms with Gasteiger partial charge < -0.3 is 9.30 Å². The number of nitrogens with zero attached hydrogens (tertiary/aromatic N) is 2. The number of nitro benzene ring substituents is 1. The normalized spacial score (nSPS) is 10.5. The fraction of sp³-hybridized carbons (Fsp3) is 0.167. The van der Waals surface area contributed by atoms with Crippen LogP contribution in [0.5, 0.6) is 5.75 Å². The first-order valence-electron chi connectivity index (χ1n) is 5.03. The molecule has 5 nitrogen and oxygen atoms in total. The van der Waals surface area contributed by atoms with Crippen LogP contribution in [-0.2, 0) is 7.05 Å². The summed E-state index contributed by atoms with van der Waals surface area (Å²) in [7, 11) is 3.36. The van der Waals surface area contributed by atoms with E-state index in [2.05, 4.69) is 6.58 Å². The van der Waals surface area contributed by atoms with Gasteiger partial charge in [-0.25, -0.2) is 0 Å². The van der Waals surface area contributed by atoms with Crippen molar-refractivity contribution in [2.24, 2.45) is 7.05 Å². The van der Waals surface area contributed by atoms with E-state index in [1.165, 1.54) is 19.3 Å². The molecule has 0 saturated carbocycles. The summed E-state index contributed by atoms with van der Waals surface area (Å²) in [4.78, 5) is 10.6. The Hall–Kier alpha value is -2.30. The Morgan fingerprint density at radius 1 is 1.59 bits per heavy atom. The Balaban J connectivity index is 2.95. The first kappa shape index (κ1) is 11.2. The minimum absolute atomic E-state index is 0.00977. The molecule has 2 rings (SSSR count). The van der Waals surface area contributed by atoms with E-state index in [1.807, 2.05) is 23.9 Å². The standard InChI is InChI=1S/C12H12N2O3/c1-4-8-9-5-6-13(2)12(9)11(17-3)7-10(8)14(15)16/h4-7H,1H2,2-3H3. The lowest BCUT2D eigenvalue weighted by Crippen LogP contribution is -1.96. The van der Waals surface area contributed by atoms with Gasteiger partial charge in [-0.15, -0.1) is 0 Å². The van der Waals surface area contributed by atoms with Gasteiger partial charge in [-0.3, -0.25) is 10.1 Å². The minimum atomic E-state index is -0.425. The van der Waals surface area contributed by atoms with Crippen molar-refractivity contribution in [3.63, 3.8) is 0 Å². The summed E-state index contributed by atoms with van der Waals surface area (Å²) < 4.78 is 7.06. The van der Waals surface area contributed by atoms with E-state index in [-0.39, 0.29) is 5.69 Å². The van der Waals surface area contributed by atoms with E-state index >= 15 is 0 Å². The molecule has 0 aliphatic carbocycles. The fourth-order valence-corrected chi connectivity index (χ4v) is 1.98. The van der Waals surface area contributed by atoms with E-state index in [0.29, 0.717) is 11.3 Å². The van der Waals surface area contributed by atoms with Crippen molar-refractivity contribution in [2.45, 2.75) is 0 Å². The minimum Gasteiger partial charge on any atom is -0.494 e. The van der Waals surface area contributed by atoms with Gasteiger partial charge in [-0.2, -0.15) is 0 Å². The summed E-state index contributed by atoms with van der Waals surface area (Å²) in [5, 5.41) is 11.8. The summed E-state index contributed by atoms with van der Waals surface area (Å²) in [6.45, 7) is 3.63. The molecule has 88 valence electrons. The predicted octanol–water partition coefficient (Wildman–Crippen LogP) is 2.74. The molecule has 0 unspecified atom stereocenters. The smallest absolute Gasteiger partial charge is 0.281 e. The lowest BCUT2D eigenvalue weighted by molar-refractivity contribution is -0.385. The van der Waals surface area contributed by atoms with Gasteiger partial charge in [-0.05, 0) is 6.07 Å². The van der Waals surface area contributed by atoms with Crippen LogP contribution in [0.15, 0.2) is 24.9 Å². The van der Waals surface area contributed by atoms with Gasteiger partial charge in [-0.1, -0.05) is 12.7 Å². The largest absolute Gasteiger partial charge is 0.494 e. The van der Waals surface area contributed by atoms with Gasteiger partial charge in [0.15, 0.2) is 0 Å². The maximum atomic E-state index is 11.0. The van der Waals surface area contributed by atoms with Gasteiger partial charge in [0.2, 0.25) is 0 Å². The van der Waals surface area contributed by atoms with Gasteiger partial charge in [0.1, 0.15) is 5.75 Å². The van der Waals surface area contributed by atoms with E-state index in [4.69, 9.17) is 4.74 Å². The number of hydrogen-bond acceptors (Lipinski definition) is 3. The van der Waals surface area contributed by atoms with Crippen LogP contribution in [0.3, 0.4) is 0 Å². The van der Waals surface area contributed by atoms with Crippen molar-refractivity contribution in [1.29, 1.82) is 0 Å². The van der Waals surface area contributed by atoms with E-state index in [9.17, 15) is 10.1 Å². The zero-order chi connectivity index (χ0) is 12.6. The van der Waals surface area contributed by atoms with E-state index < -0.39 is 4.92 Å². The molecule has 0 radical (unpaired) electrons. The summed E-state index contributed by atoms with van der Waals surface area (Å²) in [5.74, 6) is 0.491. The second kappa shape index (κ2) is 3.93. The van der Waals surface area contributed by atoms with Crippen molar-refractivity contribution < 1.29 is 9.66 Å². The number of nitro groups is 1. The third kappa shape index (κ3) is 1.56. The van der Waals surface area contributed by atoms with Crippen LogP contribution in [0.1, 0.15) is 5.56 Å². The molecule has 0 saturated heterocycles. The molecular weight excluding hydrogens is 220 g/mol. The van der Waals surface area contributed by atoms with Crippen molar-refractivity contribution in [1.82, 2.24) is 4.57 Å². The molecule has 1 heterocycles. The van der Waals surface area contributed by atoms with E-state index in [1.54, 1.807) is 0 Å². The molecule has 1 aromatic carbocycles. The van der Waals surface area contributed by atoms with E-state index in [0.717, 1.165) is 10.9 Å². The van der Waals surface area contributed by atoms with Gasteiger partial charge in [0, 0.05) is 18.6 Å². The van der Waals surface area contributed by atoms with Crippen LogP contribution in [0, 0.1) is 10.1 Å². The number of hydrogen-bond donors (Lipinski definition) is 0. The Morgan fingerprint density at radius 3 is 2.82 bits per heavy atom. The average Bonchev–Trinajstić information content (AvgIpc) is 2.69. The molecule has 0 N–H and O–H groups in total. The van der Waals surface area contributed by atoms with Gasteiger partial charge >= 0.3 is 0 Å². The number of aromatic nitrogens is 1. The van der Waals surface area contributed by atoms with Crippen LogP contribution in [0.2, 0.25) is 0 Å². The number of methoxy groups -OCH3 is 1. The lowest BCUT2D eigenvalue weighted by atomic mass is 10.1. The Morgan fingerprint density at radius 2 is 2.29 bits per heavy atom. The van der Waals surface area contributed by atoms with Crippen LogP contribution in [-0.4, -0.2) is 16.6 Å². The third-order valence-corrected chi connectivity index (χ3v) is 2.76. The maximum Gasteiger partial charge on any atom is 0.281 e. The molecule has 0 fully saturated rings. The molecule has 1 aromatic heterocycles. The zero-order valence-electron chi connectivity index (χ0n) is 9.64. The van der Waals surface area contributed by atoms with Crippen LogP contribution in [0.25, 0.3) is 17.0 Å². The SMILES string of the molecule is C=Cc1c([N+](=O)[O-])cc(OC)c2c1ccn2C. The topological polar surface area (TPSA) is 57.3 Å². The second-order valence-corrected chi connectivity index (χ2v) is 3.66. The molecule has 5 heteroatoms. The molecule has 0 aliphatic rings. The maximum absolute atomic E-state index is 11.0. The molecule has 2 aromatic rings. The monoisotopic (exact) mass is 232 g/mol. The lowest BCUT2D eigenvalue weighted by Gasteiger charge is -2.07. The molecule has 17 heavy (non-hydrogen) atoms. The predicted molar refractivity (Wildman–Crippen MR) is 66.2 cm³/mol. The summed E-state index contributed by atoms with van der Waals surface area (Å²) in [6.07, 6.45) is 3.34. The molecule has 0 bridgehead atoms. The van der Waals surface area contributed by atoms with Crippen LogP contribution < -0.4 is 4.74 Å². The molecule has 0 amide bonds. The van der Waals surface area contributed by atoms with Crippen molar-refractivity contribution in [3.8, 4) is 5.75 Å². The third-order valence-electron chi connectivity index (χ3n) is 2.76. The van der Waals surface area contributed by atoms with Crippen LogP contribution >= 0.6 is 0 Å². The quantitative estimate of drug-likeness (QED) is 0.604. The highest BCUT2D eigenvalue weighted by molar-refractivity contribution is 5.96. The summed E-state index contributed by atoms with van der Waals surface area (Å²) in [5.41, 5.74) is 1.36. The Labute approximate surface area is 98.1 Å². The highest BCUT2D eigenvalue weighted by atomic mass is 16.6. The molecule has 0 atom stereocenters. The second-order valence-electron chi connectivity index (χ2n) is 3.66. The van der Waals surface area contributed by atoms with Crippen LogP contribution in [0.4, 0.5) is 5.69 Å². The van der Waals surface area contributed by atoms with Crippen molar-refractivity contribution in [2.75, 3.05) is 7.11 Å². The van der Waals surface area contributed by atoms with Crippen molar-refractivity contribution >= 4 is 22.7 Å². The number of benzene rings is 1. The average molecular weight is 232 g/mol. The highest BCUT2D eigenvalue weighted by Gasteiger charge is 2.20. The molecule has 0 spiro atoms. The zero-order valence-corrected chi connectivity index (χ0v) is 9.64. The number of ether oxygens (including phenoxy) is 1.